The van der Waals surface area contributed by atoms with E-state index in [2.05, 4.69) is 33.8 Å². The Bertz CT molecular complexity index is 354. The van der Waals surface area contributed by atoms with Crippen molar-refractivity contribution >= 4 is 0 Å². The Morgan fingerprint density at radius 3 is 2.75 bits per heavy atom. The van der Waals surface area contributed by atoms with Crippen molar-refractivity contribution < 1.29 is 5.11 Å². The molecule has 1 nitrogen and oxygen atoms in total. The van der Waals surface area contributed by atoms with Crippen molar-refractivity contribution in [3.8, 4) is 0 Å². The van der Waals surface area contributed by atoms with Crippen LogP contribution >= 0.6 is 0 Å². The van der Waals surface area contributed by atoms with E-state index in [4.69, 9.17) is 0 Å². The van der Waals surface area contributed by atoms with Crippen LogP contribution in [0.2, 0.25) is 0 Å². The monoisotopic (exact) mass is 220 g/mol. The average molecular weight is 220 g/mol. The molecule has 0 radical (unpaired) electrons. The number of aliphatic hydroxyl groups excluding tert-OH is 1. The number of allylic oxidation sites excluding steroid dienone is 2. The third kappa shape index (κ3) is 1.01. The van der Waals surface area contributed by atoms with E-state index in [9.17, 15) is 5.11 Å². The van der Waals surface area contributed by atoms with Crippen LogP contribution in [0.15, 0.2) is 11.6 Å². The van der Waals surface area contributed by atoms with Crippen LogP contribution in [0, 0.1) is 28.6 Å². The molecule has 1 N–H and O–H groups in total. The van der Waals surface area contributed by atoms with Crippen molar-refractivity contribution in [1.82, 2.24) is 0 Å². The lowest BCUT2D eigenvalue weighted by molar-refractivity contribution is 0.0309. The van der Waals surface area contributed by atoms with E-state index < -0.39 is 0 Å². The topological polar surface area (TPSA) is 20.2 Å². The molecule has 2 fully saturated rings. The predicted octanol–water partition coefficient (Wildman–Crippen LogP) is 3.39. The maximum atomic E-state index is 10.4. The van der Waals surface area contributed by atoms with Gasteiger partial charge in [0, 0.05) is 0 Å². The molecule has 1 heteroatoms. The number of hydrogen-bond acceptors (Lipinski definition) is 1. The summed E-state index contributed by atoms with van der Waals surface area (Å²) in [4.78, 5) is 0. The quantitative estimate of drug-likeness (QED) is 0.620. The van der Waals surface area contributed by atoms with Gasteiger partial charge in [-0.1, -0.05) is 32.4 Å². The summed E-state index contributed by atoms with van der Waals surface area (Å²) in [5, 5.41) is 10.4. The summed E-state index contributed by atoms with van der Waals surface area (Å²) >= 11 is 0. The van der Waals surface area contributed by atoms with Crippen LogP contribution in [0.4, 0.5) is 0 Å². The van der Waals surface area contributed by atoms with Crippen LogP contribution in [-0.4, -0.2) is 11.2 Å². The molecule has 3 aliphatic rings. The van der Waals surface area contributed by atoms with Crippen molar-refractivity contribution in [2.75, 3.05) is 0 Å². The molecule has 2 bridgehead atoms. The first-order valence-electron chi connectivity index (χ1n) is 6.74. The smallest absolute Gasteiger partial charge is 0.0582 e. The minimum atomic E-state index is -0.0608. The fraction of sp³-hybridized carbons (Fsp3) is 0.867. The summed E-state index contributed by atoms with van der Waals surface area (Å²) < 4.78 is 0. The highest BCUT2D eigenvalue weighted by Crippen LogP contribution is 2.71. The van der Waals surface area contributed by atoms with E-state index in [0.717, 1.165) is 6.42 Å². The van der Waals surface area contributed by atoms with Gasteiger partial charge in [0.1, 0.15) is 0 Å². The average Bonchev–Trinajstić information content (AvgIpc) is 2.54. The molecular weight excluding hydrogens is 196 g/mol. The molecule has 0 aromatic rings. The Kier molecular flexibility index (Phi) is 1.98. The molecule has 0 aromatic carbocycles. The first-order valence-corrected chi connectivity index (χ1v) is 6.74. The van der Waals surface area contributed by atoms with E-state index in [1.54, 1.807) is 5.57 Å². The molecule has 0 heterocycles. The predicted molar refractivity (Wildman–Crippen MR) is 66.0 cm³/mol. The maximum Gasteiger partial charge on any atom is 0.0582 e. The number of hydrogen-bond donors (Lipinski definition) is 1. The first-order chi connectivity index (χ1) is 7.39. The molecule has 3 aliphatic carbocycles. The van der Waals surface area contributed by atoms with Crippen molar-refractivity contribution in [3.63, 3.8) is 0 Å². The van der Waals surface area contributed by atoms with Gasteiger partial charge in [0.15, 0.2) is 0 Å². The van der Waals surface area contributed by atoms with Crippen LogP contribution in [0.5, 0.6) is 0 Å². The maximum absolute atomic E-state index is 10.4. The van der Waals surface area contributed by atoms with Crippen molar-refractivity contribution in [3.05, 3.63) is 11.6 Å². The van der Waals surface area contributed by atoms with E-state index in [0.29, 0.717) is 28.6 Å². The zero-order valence-electron chi connectivity index (χ0n) is 11.0. The van der Waals surface area contributed by atoms with Crippen LogP contribution in [0.25, 0.3) is 0 Å². The van der Waals surface area contributed by atoms with Crippen LogP contribution in [0.1, 0.15) is 47.0 Å². The van der Waals surface area contributed by atoms with Crippen LogP contribution in [-0.2, 0) is 0 Å². The Morgan fingerprint density at radius 1 is 1.38 bits per heavy atom. The highest BCUT2D eigenvalue weighted by Gasteiger charge is 2.66. The largest absolute Gasteiger partial charge is 0.393 e. The second-order valence-electron chi connectivity index (χ2n) is 7.15. The molecule has 2 saturated carbocycles. The normalized spacial score (nSPS) is 53.7. The van der Waals surface area contributed by atoms with E-state index in [1.807, 2.05) is 0 Å². The zero-order chi connectivity index (χ0) is 11.7. The van der Waals surface area contributed by atoms with E-state index in [1.165, 1.54) is 12.8 Å². The number of aliphatic hydroxyl groups is 1. The van der Waals surface area contributed by atoms with Gasteiger partial charge in [-0.25, -0.2) is 0 Å². The minimum absolute atomic E-state index is 0.0608. The molecule has 1 spiro atoms. The Balaban J connectivity index is 2.13. The van der Waals surface area contributed by atoms with Crippen molar-refractivity contribution in [2.24, 2.45) is 28.6 Å². The molecule has 0 amide bonds. The molecular formula is C15H24O. The van der Waals surface area contributed by atoms with Gasteiger partial charge in [-0.15, -0.1) is 0 Å². The number of fused-ring (bicyclic) bond motifs is 1. The molecule has 0 aliphatic heterocycles. The number of rotatable bonds is 0. The highest BCUT2D eigenvalue weighted by atomic mass is 16.3. The minimum Gasteiger partial charge on any atom is -0.393 e. The van der Waals surface area contributed by atoms with Crippen molar-refractivity contribution in [2.45, 2.75) is 53.1 Å². The molecule has 0 saturated heterocycles. The molecule has 0 unspecified atom stereocenters. The van der Waals surface area contributed by atoms with Gasteiger partial charge in [-0.2, -0.15) is 0 Å². The second-order valence-corrected chi connectivity index (χ2v) is 7.15. The van der Waals surface area contributed by atoms with E-state index in [-0.39, 0.29) is 6.10 Å². The second kappa shape index (κ2) is 2.93. The van der Waals surface area contributed by atoms with Gasteiger partial charge in [-0.3, -0.25) is 0 Å². The first kappa shape index (κ1) is 10.8. The zero-order valence-corrected chi connectivity index (χ0v) is 11.0. The molecule has 0 aromatic heterocycles. The fourth-order valence-corrected chi connectivity index (χ4v) is 5.50. The molecule has 5 atom stereocenters. The lowest BCUT2D eigenvalue weighted by Gasteiger charge is -2.37. The Hall–Kier alpha value is -0.300. The highest BCUT2D eigenvalue weighted by molar-refractivity contribution is 5.26. The van der Waals surface area contributed by atoms with Gasteiger partial charge in [-0.05, 0) is 54.8 Å². The Labute approximate surface area is 98.9 Å². The van der Waals surface area contributed by atoms with Crippen LogP contribution in [0.3, 0.4) is 0 Å². The third-order valence-electron chi connectivity index (χ3n) is 6.22. The van der Waals surface area contributed by atoms with Crippen molar-refractivity contribution in [1.29, 1.82) is 0 Å². The fourth-order valence-electron chi connectivity index (χ4n) is 5.50. The van der Waals surface area contributed by atoms with Gasteiger partial charge < -0.3 is 5.11 Å². The van der Waals surface area contributed by atoms with Crippen LogP contribution < -0.4 is 0 Å². The summed E-state index contributed by atoms with van der Waals surface area (Å²) in [6, 6.07) is 0. The summed E-state index contributed by atoms with van der Waals surface area (Å²) in [5.74, 6) is 1.93. The summed E-state index contributed by atoms with van der Waals surface area (Å²) in [6.07, 6.45) is 5.96. The van der Waals surface area contributed by atoms with Gasteiger partial charge in [0.05, 0.1) is 6.10 Å². The lowest BCUT2D eigenvalue weighted by atomic mass is 9.67. The van der Waals surface area contributed by atoms with E-state index >= 15 is 0 Å². The summed E-state index contributed by atoms with van der Waals surface area (Å²) in [7, 11) is 0. The SMILES string of the molecule is CC1=CC[C@@]23C[C@@H]1C(C)(C)[C@@H]2[C@@H](O)C[C@H]3C. The molecule has 90 valence electrons. The van der Waals surface area contributed by atoms with Gasteiger partial charge in [0.25, 0.3) is 0 Å². The molecule has 16 heavy (non-hydrogen) atoms. The summed E-state index contributed by atoms with van der Waals surface area (Å²) in [6.45, 7) is 9.41. The van der Waals surface area contributed by atoms with Gasteiger partial charge in [0.2, 0.25) is 0 Å². The Morgan fingerprint density at radius 2 is 2.06 bits per heavy atom. The standard InChI is InChI=1S/C15H24O/c1-9-5-6-15-8-11(9)14(3,4)13(15)12(16)7-10(15)2/h5,10-13,16H,6-8H2,1-4H3/t10-,11+,12+,13+,15+/m1/s1. The third-order valence-corrected chi connectivity index (χ3v) is 6.22. The summed E-state index contributed by atoms with van der Waals surface area (Å²) in [5.41, 5.74) is 2.29. The van der Waals surface area contributed by atoms with Gasteiger partial charge >= 0.3 is 0 Å². The lowest BCUT2D eigenvalue weighted by Crippen LogP contribution is -2.35. The molecule has 3 rings (SSSR count).